The van der Waals surface area contributed by atoms with Crippen molar-refractivity contribution in [3.63, 3.8) is 0 Å². The lowest BCUT2D eigenvalue weighted by molar-refractivity contribution is 0.298. The van der Waals surface area contributed by atoms with E-state index in [4.69, 9.17) is 10.5 Å². The van der Waals surface area contributed by atoms with Crippen LogP contribution in [0.5, 0.6) is 11.9 Å². The number of nitrogens with one attached hydrogen (secondary N) is 1. The highest BCUT2D eigenvalue weighted by Gasteiger charge is 2.16. The van der Waals surface area contributed by atoms with Crippen molar-refractivity contribution in [3.05, 3.63) is 35.9 Å². The van der Waals surface area contributed by atoms with Gasteiger partial charge in [-0.05, 0) is 30.5 Å². The molecular formula is C17H19N5O2. The van der Waals surface area contributed by atoms with Crippen LogP contribution in [-0.4, -0.2) is 32.8 Å². The second-order valence-electron chi connectivity index (χ2n) is 5.89. The summed E-state index contributed by atoms with van der Waals surface area (Å²) in [6.07, 6.45) is 1.91. The zero-order chi connectivity index (χ0) is 16.5. The molecular weight excluding hydrogens is 306 g/mol. The maximum Gasteiger partial charge on any atom is 0.295 e. The molecule has 1 aromatic carbocycles. The SMILES string of the molecule is Nc1nc2cc3c1nc(O)n3Cc1cccc(c1)NCCCCO2. The van der Waals surface area contributed by atoms with Crippen molar-refractivity contribution in [2.24, 2.45) is 0 Å². The van der Waals surface area contributed by atoms with Crippen molar-refractivity contribution in [3.8, 4) is 11.9 Å². The lowest BCUT2D eigenvalue weighted by Gasteiger charge is -2.12. The van der Waals surface area contributed by atoms with E-state index in [1.54, 1.807) is 10.6 Å². The number of rotatable bonds is 0. The monoisotopic (exact) mass is 325 g/mol. The van der Waals surface area contributed by atoms with E-state index in [0.717, 1.165) is 30.6 Å². The van der Waals surface area contributed by atoms with Gasteiger partial charge in [0.05, 0.1) is 18.7 Å². The first-order chi connectivity index (χ1) is 11.7. The molecule has 3 aromatic rings. The molecule has 4 rings (SSSR count). The van der Waals surface area contributed by atoms with Crippen molar-refractivity contribution in [1.29, 1.82) is 0 Å². The lowest BCUT2D eigenvalue weighted by atomic mass is 10.2. The van der Waals surface area contributed by atoms with Gasteiger partial charge in [0, 0.05) is 18.3 Å². The standard InChI is InChI=1S/C17H19N5O2/c18-16-15-13-9-14(20-16)24-7-2-1-6-19-12-5-3-4-11(8-12)10-22(13)17(23)21-15/h3-5,8-9,19H,1-2,6-7,10H2,(H2,18,20)(H,21,23). The Morgan fingerprint density at radius 2 is 2.12 bits per heavy atom. The molecule has 0 aliphatic carbocycles. The smallest absolute Gasteiger partial charge is 0.295 e. The number of fused-ring (bicyclic) bond motifs is 3. The Bertz CT molecular complexity index is 890. The van der Waals surface area contributed by atoms with E-state index >= 15 is 0 Å². The van der Waals surface area contributed by atoms with Crippen LogP contribution in [0.3, 0.4) is 0 Å². The van der Waals surface area contributed by atoms with Crippen LogP contribution in [0.25, 0.3) is 11.0 Å². The summed E-state index contributed by atoms with van der Waals surface area (Å²) in [5.41, 5.74) is 9.31. The molecule has 0 saturated carbocycles. The number of anilines is 2. The minimum atomic E-state index is -0.0823. The van der Waals surface area contributed by atoms with Crippen molar-refractivity contribution < 1.29 is 9.84 Å². The molecule has 0 fully saturated rings. The molecule has 0 spiro atoms. The number of nitrogen functional groups attached to an aromatic ring is 1. The van der Waals surface area contributed by atoms with Gasteiger partial charge in [-0.15, -0.1) is 0 Å². The van der Waals surface area contributed by atoms with Gasteiger partial charge in [-0.3, -0.25) is 4.57 Å². The van der Waals surface area contributed by atoms with E-state index in [0.29, 0.717) is 30.1 Å². The van der Waals surface area contributed by atoms with Crippen LogP contribution >= 0.6 is 0 Å². The Hall–Kier alpha value is -2.96. The van der Waals surface area contributed by atoms with Crippen molar-refractivity contribution in [2.75, 3.05) is 24.2 Å². The van der Waals surface area contributed by atoms with Crippen molar-refractivity contribution >= 4 is 22.5 Å². The third-order valence-electron chi connectivity index (χ3n) is 4.14. The van der Waals surface area contributed by atoms with Crippen LogP contribution in [-0.2, 0) is 6.54 Å². The average molecular weight is 325 g/mol. The van der Waals surface area contributed by atoms with Gasteiger partial charge in [0.25, 0.3) is 6.01 Å². The molecule has 4 N–H and O–H groups in total. The highest BCUT2D eigenvalue weighted by Crippen LogP contribution is 2.29. The second-order valence-corrected chi connectivity index (χ2v) is 5.89. The molecule has 1 aliphatic heterocycles. The summed E-state index contributed by atoms with van der Waals surface area (Å²) in [6, 6.07) is 9.85. The van der Waals surface area contributed by atoms with Crippen molar-refractivity contribution in [1.82, 2.24) is 14.5 Å². The van der Waals surface area contributed by atoms with E-state index < -0.39 is 0 Å². The Kier molecular flexibility index (Phi) is 3.60. The Morgan fingerprint density at radius 1 is 1.21 bits per heavy atom. The summed E-state index contributed by atoms with van der Waals surface area (Å²) in [5.74, 6) is 0.721. The van der Waals surface area contributed by atoms with E-state index in [1.165, 1.54) is 0 Å². The normalized spacial score (nSPS) is 14.8. The number of nitrogens with zero attached hydrogens (tertiary/aromatic N) is 3. The van der Waals surface area contributed by atoms with Gasteiger partial charge in [-0.25, -0.2) is 0 Å². The first-order valence-corrected chi connectivity index (χ1v) is 8.02. The molecule has 0 saturated heterocycles. The van der Waals surface area contributed by atoms with Crippen LogP contribution in [0.15, 0.2) is 30.3 Å². The molecule has 7 nitrogen and oxygen atoms in total. The van der Waals surface area contributed by atoms with Gasteiger partial charge in [-0.1, -0.05) is 12.1 Å². The number of benzene rings is 1. The number of hydrogen-bond acceptors (Lipinski definition) is 6. The zero-order valence-corrected chi connectivity index (χ0v) is 13.2. The fourth-order valence-electron chi connectivity index (χ4n) is 2.94. The average Bonchev–Trinajstić information content (AvgIpc) is 2.88. The number of aromatic nitrogens is 3. The minimum Gasteiger partial charge on any atom is -0.480 e. The van der Waals surface area contributed by atoms with Crippen molar-refractivity contribution in [2.45, 2.75) is 19.4 Å². The number of ether oxygens (including phenoxy) is 1. The molecule has 2 aromatic heterocycles. The third kappa shape index (κ3) is 2.68. The van der Waals surface area contributed by atoms with E-state index in [-0.39, 0.29) is 11.8 Å². The molecule has 0 radical (unpaired) electrons. The highest BCUT2D eigenvalue weighted by atomic mass is 16.5. The molecule has 4 bridgehead atoms. The van der Waals surface area contributed by atoms with Crippen LogP contribution in [0.1, 0.15) is 18.4 Å². The fourth-order valence-corrected chi connectivity index (χ4v) is 2.94. The highest BCUT2D eigenvalue weighted by molar-refractivity contribution is 5.87. The Labute approximate surface area is 139 Å². The van der Waals surface area contributed by atoms with Crippen LogP contribution in [0.2, 0.25) is 0 Å². The predicted molar refractivity (Wildman–Crippen MR) is 92.4 cm³/mol. The van der Waals surface area contributed by atoms with Crippen LogP contribution in [0.4, 0.5) is 11.5 Å². The number of aromatic hydroxyl groups is 1. The largest absolute Gasteiger partial charge is 0.480 e. The van der Waals surface area contributed by atoms with Crippen LogP contribution < -0.4 is 15.8 Å². The molecule has 7 heteroatoms. The fraction of sp³-hybridized carbons (Fsp3) is 0.294. The summed E-state index contributed by atoms with van der Waals surface area (Å²) in [7, 11) is 0. The summed E-state index contributed by atoms with van der Waals surface area (Å²) >= 11 is 0. The molecule has 124 valence electrons. The van der Waals surface area contributed by atoms with Gasteiger partial charge in [0.1, 0.15) is 5.52 Å². The summed E-state index contributed by atoms with van der Waals surface area (Å²) < 4.78 is 7.42. The number of nitrogens with two attached hydrogens (primary N) is 1. The Balaban J connectivity index is 1.84. The third-order valence-corrected chi connectivity index (χ3v) is 4.14. The maximum atomic E-state index is 10.2. The Morgan fingerprint density at radius 3 is 3.04 bits per heavy atom. The van der Waals surface area contributed by atoms with E-state index in [9.17, 15) is 5.11 Å². The van der Waals surface area contributed by atoms with E-state index in [2.05, 4.69) is 21.4 Å². The molecule has 24 heavy (non-hydrogen) atoms. The number of pyridine rings is 1. The molecule has 0 atom stereocenters. The minimum absolute atomic E-state index is 0.0823. The number of imidazole rings is 1. The maximum absolute atomic E-state index is 10.2. The molecule has 0 amide bonds. The lowest BCUT2D eigenvalue weighted by Crippen LogP contribution is -2.08. The van der Waals surface area contributed by atoms with Gasteiger partial charge < -0.3 is 20.9 Å². The molecule has 1 aliphatic rings. The predicted octanol–water partition coefficient (Wildman–Crippen LogP) is 2.35. The van der Waals surface area contributed by atoms with Gasteiger partial charge >= 0.3 is 0 Å². The van der Waals surface area contributed by atoms with E-state index in [1.807, 2.05) is 18.2 Å². The quantitative estimate of drug-likeness (QED) is 0.587. The summed E-state index contributed by atoms with van der Waals surface area (Å²) in [5, 5.41) is 13.6. The van der Waals surface area contributed by atoms with Gasteiger partial charge in [0.15, 0.2) is 5.82 Å². The summed E-state index contributed by atoms with van der Waals surface area (Å²) in [6.45, 7) is 1.93. The zero-order valence-electron chi connectivity index (χ0n) is 13.2. The number of hydrogen-bond donors (Lipinski definition) is 3. The second kappa shape index (κ2) is 5.92. The molecule has 0 unspecified atom stereocenters. The van der Waals surface area contributed by atoms with Gasteiger partial charge in [0.2, 0.25) is 5.88 Å². The van der Waals surface area contributed by atoms with Gasteiger partial charge in [-0.2, -0.15) is 9.97 Å². The van der Waals surface area contributed by atoms with Crippen LogP contribution in [0, 0.1) is 0 Å². The molecule has 3 heterocycles. The first-order valence-electron chi connectivity index (χ1n) is 8.02. The topological polar surface area (TPSA) is 98.2 Å². The summed E-state index contributed by atoms with van der Waals surface area (Å²) in [4.78, 5) is 8.37. The first kappa shape index (κ1) is 14.6.